The van der Waals surface area contributed by atoms with Crippen molar-refractivity contribution in [2.24, 2.45) is 0 Å². The van der Waals surface area contributed by atoms with Gasteiger partial charge in [0.2, 0.25) is 0 Å². The summed E-state index contributed by atoms with van der Waals surface area (Å²) < 4.78 is 4.61. The van der Waals surface area contributed by atoms with Gasteiger partial charge >= 0.3 is 5.97 Å². The van der Waals surface area contributed by atoms with Gasteiger partial charge in [0.1, 0.15) is 11.1 Å². The molecule has 0 atom stereocenters. The Bertz CT molecular complexity index is 696. The number of aryl methyl sites for hydroxylation is 1. The fraction of sp³-hybridized carbons (Fsp3) is 0.200. The fourth-order valence-corrected chi connectivity index (χ4v) is 2.68. The molecule has 2 rings (SSSR count). The lowest BCUT2D eigenvalue weighted by atomic mass is 10.0. The molecule has 0 saturated heterocycles. The van der Waals surface area contributed by atoms with Crippen LogP contribution in [0.3, 0.4) is 0 Å². The van der Waals surface area contributed by atoms with E-state index in [1.807, 2.05) is 25.1 Å². The topological polar surface area (TPSA) is 75.9 Å². The zero-order chi connectivity index (χ0) is 15.2. The number of hydrogen-bond acceptors (Lipinski definition) is 6. The molecule has 0 unspecified atom stereocenters. The molecule has 0 aliphatic carbocycles. The zero-order valence-corrected chi connectivity index (χ0v) is 12.5. The van der Waals surface area contributed by atoms with E-state index < -0.39 is 0 Å². The molecule has 5 nitrogen and oxygen atoms in total. The molecule has 0 fully saturated rings. The van der Waals surface area contributed by atoms with Crippen LogP contribution in [0.15, 0.2) is 35.6 Å². The zero-order valence-electron chi connectivity index (χ0n) is 11.7. The van der Waals surface area contributed by atoms with Crippen molar-refractivity contribution >= 4 is 17.7 Å². The van der Waals surface area contributed by atoms with Crippen molar-refractivity contribution in [1.82, 2.24) is 9.97 Å². The molecule has 0 aliphatic heterocycles. The highest BCUT2D eigenvalue weighted by atomic mass is 32.2. The summed E-state index contributed by atoms with van der Waals surface area (Å²) in [5.74, 6) is -0.227. The lowest BCUT2D eigenvalue weighted by Gasteiger charge is -2.10. The van der Waals surface area contributed by atoms with Crippen LogP contribution >= 0.6 is 11.8 Å². The minimum Gasteiger partial charge on any atom is -0.468 e. The van der Waals surface area contributed by atoms with Gasteiger partial charge in [-0.25, -0.2) is 4.98 Å². The van der Waals surface area contributed by atoms with Crippen LogP contribution in [0.1, 0.15) is 11.3 Å². The van der Waals surface area contributed by atoms with Gasteiger partial charge in [-0.3, -0.25) is 9.78 Å². The molecule has 2 heterocycles. The van der Waals surface area contributed by atoms with E-state index in [1.54, 1.807) is 12.4 Å². The van der Waals surface area contributed by atoms with Gasteiger partial charge in [-0.05, 0) is 30.7 Å². The number of hydrogen-bond donors (Lipinski definition) is 0. The van der Waals surface area contributed by atoms with E-state index in [0.717, 1.165) is 16.8 Å². The molecule has 0 N–H and O–H groups in total. The molecule has 21 heavy (non-hydrogen) atoms. The summed E-state index contributed by atoms with van der Waals surface area (Å²) in [6.45, 7) is 1.86. The first kappa shape index (κ1) is 15.0. The average Bonchev–Trinajstić information content (AvgIpc) is 2.52. The largest absolute Gasteiger partial charge is 0.468 e. The molecule has 0 bridgehead atoms. The minimum atomic E-state index is -0.349. The van der Waals surface area contributed by atoms with Crippen LogP contribution in [0.25, 0.3) is 11.1 Å². The number of esters is 1. The molecule has 6 heteroatoms. The van der Waals surface area contributed by atoms with Gasteiger partial charge in [0.05, 0.1) is 18.4 Å². The standard InChI is InChI=1S/C15H13N3O2S/c1-10-7-12(11-3-5-17-6-4-11)13(8-16)15(18-10)21-9-14(19)20-2/h3-7H,9H2,1-2H3. The SMILES string of the molecule is COC(=O)CSc1nc(C)cc(-c2ccncc2)c1C#N. The van der Waals surface area contributed by atoms with E-state index in [1.165, 1.54) is 18.9 Å². The number of pyridine rings is 2. The molecule has 0 radical (unpaired) electrons. The van der Waals surface area contributed by atoms with Gasteiger partial charge < -0.3 is 4.74 Å². The van der Waals surface area contributed by atoms with Gasteiger partial charge in [-0.2, -0.15) is 5.26 Å². The number of nitrogens with zero attached hydrogens (tertiary/aromatic N) is 3. The third-order valence-electron chi connectivity index (χ3n) is 2.77. The van der Waals surface area contributed by atoms with Crippen molar-refractivity contribution in [3.05, 3.63) is 41.9 Å². The first-order valence-electron chi connectivity index (χ1n) is 6.17. The third kappa shape index (κ3) is 3.58. The molecule has 0 aromatic carbocycles. The smallest absolute Gasteiger partial charge is 0.316 e. The Hall–Kier alpha value is -2.39. The van der Waals surface area contributed by atoms with E-state index in [0.29, 0.717) is 10.6 Å². The number of carbonyl (C=O) groups is 1. The van der Waals surface area contributed by atoms with E-state index in [9.17, 15) is 10.1 Å². The Morgan fingerprint density at radius 2 is 2.14 bits per heavy atom. The maximum Gasteiger partial charge on any atom is 0.316 e. The summed E-state index contributed by atoms with van der Waals surface area (Å²) in [6, 6.07) is 7.71. The van der Waals surface area contributed by atoms with Gasteiger partial charge in [0.15, 0.2) is 0 Å². The lowest BCUT2D eigenvalue weighted by Crippen LogP contribution is -2.04. The molecule has 0 aliphatic rings. The van der Waals surface area contributed by atoms with Crippen molar-refractivity contribution in [2.45, 2.75) is 11.9 Å². The maximum absolute atomic E-state index is 11.3. The first-order chi connectivity index (χ1) is 10.2. The molecule has 2 aromatic rings. The second-order valence-electron chi connectivity index (χ2n) is 4.20. The average molecular weight is 299 g/mol. The molecule has 0 spiro atoms. The summed E-state index contributed by atoms with van der Waals surface area (Å²) in [6.07, 6.45) is 3.35. The summed E-state index contributed by atoms with van der Waals surface area (Å²) in [4.78, 5) is 19.6. The Morgan fingerprint density at radius 1 is 1.43 bits per heavy atom. The summed E-state index contributed by atoms with van der Waals surface area (Å²) >= 11 is 1.20. The summed E-state index contributed by atoms with van der Waals surface area (Å²) in [7, 11) is 1.33. The highest BCUT2D eigenvalue weighted by Gasteiger charge is 2.15. The number of methoxy groups -OCH3 is 1. The second kappa shape index (κ2) is 6.86. The number of thioether (sulfide) groups is 1. The van der Waals surface area contributed by atoms with Crippen molar-refractivity contribution in [2.75, 3.05) is 12.9 Å². The van der Waals surface area contributed by atoms with Crippen LogP contribution in [0.5, 0.6) is 0 Å². The van der Waals surface area contributed by atoms with Crippen LogP contribution in [0.2, 0.25) is 0 Å². The van der Waals surface area contributed by atoms with Crippen LogP contribution in [0.4, 0.5) is 0 Å². The Labute approximate surface area is 127 Å². The second-order valence-corrected chi connectivity index (χ2v) is 5.17. The number of ether oxygens (including phenoxy) is 1. The normalized spacial score (nSPS) is 9.95. The molecule has 0 amide bonds. The highest BCUT2D eigenvalue weighted by Crippen LogP contribution is 2.30. The molecular weight excluding hydrogens is 286 g/mol. The summed E-state index contributed by atoms with van der Waals surface area (Å²) in [5, 5.41) is 9.98. The van der Waals surface area contributed by atoms with Crippen molar-refractivity contribution in [1.29, 1.82) is 5.26 Å². The van der Waals surface area contributed by atoms with Crippen LogP contribution in [0, 0.1) is 18.3 Å². The molecular formula is C15H13N3O2S. The summed E-state index contributed by atoms with van der Waals surface area (Å²) in [5.41, 5.74) is 2.93. The predicted molar refractivity (Wildman–Crippen MR) is 79.7 cm³/mol. The quantitative estimate of drug-likeness (QED) is 0.638. The molecule has 2 aromatic heterocycles. The number of rotatable bonds is 4. The van der Waals surface area contributed by atoms with Gasteiger partial charge in [0, 0.05) is 23.7 Å². The van der Waals surface area contributed by atoms with Gasteiger partial charge in [0.25, 0.3) is 0 Å². The van der Waals surface area contributed by atoms with Gasteiger partial charge in [-0.1, -0.05) is 11.8 Å². The fourth-order valence-electron chi connectivity index (χ4n) is 1.80. The Balaban J connectivity index is 2.45. The molecule has 0 saturated carbocycles. The number of aromatic nitrogens is 2. The maximum atomic E-state index is 11.3. The number of nitriles is 1. The highest BCUT2D eigenvalue weighted by molar-refractivity contribution is 7.99. The third-order valence-corrected chi connectivity index (χ3v) is 3.72. The van der Waals surface area contributed by atoms with Crippen LogP contribution in [-0.2, 0) is 9.53 Å². The Kier molecular flexibility index (Phi) is 4.90. The van der Waals surface area contributed by atoms with Crippen LogP contribution in [-0.4, -0.2) is 28.8 Å². The monoisotopic (exact) mass is 299 g/mol. The lowest BCUT2D eigenvalue weighted by molar-refractivity contribution is -0.137. The van der Waals surface area contributed by atoms with Crippen molar-refractivity contribution in [3.63, 3.8) is 0 Å². The predicted octanol–water partition coefficient (Wildman–Crippen LogP) is 2.59. The van der Waals surface area contributed by atoms with Crippen LogP contribution < -0.4 is 0 Å². The van der Waals surface area contributed by atoms with E-state index >= 15 is 0 Å². The molecule has 106 valence electrons. The van der Waals surface area contributed by atoms with Gasteiger partial charge in [-0.15, -0.1) is 0 Å². The van der Waals surface area contributed by atoms with Crippen molar-refractivity contribution < 1.29 is 9.53 Å². The van der Waals surface area contributed by atoms with E-state index in [2.05, 4.69) is 20.8 Å². The van der Waals surface area contributed by atoms with E-state index in [4.69, 9.17) is 0 Å². The van der Waals surface area contributed by atoms with Crippen molar-refractivity contribution in [3.8, 4) is 17.2 Å². The first-order valence-corrected chi connectivity index (χ1v) is 7.16. The number of carbonyl (C=O) groups excluding carboxylic acids is 1. The van der Waals surface area contributed by atoms with E-state index in [-0.39, 0.29) is 11.7 Å². The Morgan fingerprint density at radius 3 is 2.76 bits per heavy atom. The minimum absolute atomic E-state index is 0.122.